The summed E-state index contributed by atoms with van der Waals surface area (Å²) in [4.78, 5) is 29.9. The van der Waals surface area contributed by atoms with Crippen molar-refractivity contribution in [2.75, 3.05) is 11.9 Å². The van der Waals surface area contributed by atoms with Gasteiger partial charge in [0.2, 0.25) is 5.43 Å². The number of hydrogen-bond donors (Lipinski definition) is 2. The Kier molecular flexibility index (Phi) is 4.37. The molecule has 0 saturated carbocycles. The molecule has 0 aliphatic carbocycles. The molecule has 0 spiro atoms. The van der Waals surface area contributed by atoms with Crippen LogP contribution >= 0.6 is 11.6 Å². The quantitative estimate of drug-likeness (QED) is 0.841. The first-order chi connectivity index (χ1) is 9.54. The van der Waals surface area contributed by atoms with Crippen LogP contribution in [-0.4, -0.2) is 22.5 Å². The molecular weight excluding hydrogens is 282 g/mol. The number of carbonyl (C=O) groups is 1. The zero-order chi connectivity index (χ0) is 14.5. The fourth-order valence-corrected chi connectivity index (χ4v) is 1.57. The molecule has 0 fully saturated rings. The minimum absolute atomic E-state index is 0.0972. The third kappa shape index (κ3) is 3.83. The first-order valence-electron chi connectivity index (χ1n) is 5.78. The highest BCUT2D eigenvalue weighted by molar-refractivity contribution is 6.29. The Labute approximate surface area is 119 Å². The number of halogens is 1. The highest BCUT2D eigenvalue weighted by atomic mass is 35.5. The van der Waals surface area contributed by atoms with E-state index < -0.39 is 5.91 Å². The van der Waals surface area contributed by atoms with Crippen LogP contribution in [0.25, 0.3) is 0 Å². The maximum Gasteiger partial charge on any atom is 0.262 e. The van der Waals surface area contributed by atoms with Crippen molar-refractivity contribution in [3.05, 3.63) is 51.7 Å². The van der Waals surface area contributed by atoms with Crippen LogP contribution < -0.4 is 15.5 Å². The zero-order valence-corrected chi connectivity index (χ0v) is 11.4. The van der Waals surface area contributed by atoms with Gasteiger partial charge in [-0.1, -0.05) is 11.6 Å². The average Bonchev–Trinajstić information content (AvgIpc) is 2.40. The fourth-order valence-electron chi connectivity index (χ4n) is 1.46. The summed E-state index contributed by atoms with van der Waals surface area (Å²) in [6.07, 6.45) is 2.85. The van der Waals surface area contributed by atoms with Gasteiger partial charge in [-0.05, 0) is 19.1 Å². The number of ether oxygens (including phenoxy) is 1. The van der Waals surface area contributed by atoms with Crippen molar-refractivity contribution in [1.29, 1.82) is 0 Å². The predicted octanol–water partition coefficient (Wildman–Crippen LogP) is 1.75. The van der Waals surface area contributed by atoms with Crippen LogP contribution in [0.4, 0.5) is 5.69 Å². The molecule has 0 aliphatic heterocycles. The Hall–Kier alpha value is -2.34. The molecule has 20 heavy (non-hydrogen) atoms. The average molecular weight is 294 g/mol. The monoisotopic (exact) mass is 293 g/mol. The van der Waals surface area contributed by atoms with Gasteiger partial charge in [-0.15, -0.1) is 0 Å². The van der Waals surface area contributed by atoms with Crippen LogP contribution in [-0.2, 0) is 4.79 Å². The molecule has 2 aromatic rings. The number of aromatic nitrogens is 2. The number of aryl methyl sites for hydroxylation is 1. The lowest BCUT2D eigenvalue weighted by Crippen LogP contribution is -2.22. The van der Waals surface area contributed by atoms with Gasteiger partial charge in [0.15, 0.2) is 12.4 Å². The summed E-state index contributed by atoms with van der Waals surface area (Å²) in [6.45, 7) is 1.49. The van der Waals surface area contributed by atoms with E-state index in [0.717, 1.165) is 5.69 Å². The summed E-state index contributed by atoms with van der Waals surface area (Å²) in [7, 11) is 0. The smallest absolute Gasteiger partial charge is 0.262 e. The van der Waals surface area contributed by atoms with Crippen molar-refractivity contribution < 1.29 is 9.53 Å². The minimum Gasteiger partial charge on any atom is -0.478 e. The summed E-state index contributed by atoms with van der Waals surface area (Å²) < 4.78 is 5.15. The Morgan fingerprint density at radius 2 is 2.30 bits per heavy atom. The lowest BCUT2D eigenvalue weighted by Gasteiger charge is -2.07. The second-order valence-corrected chi connectivity index (χ2v) is 4.44. The van der Waals surface area contributed by atoms with Gasteiger partial charge in [0.05, 0.1) is 11.9 Å². The number of carbonyl (C=O) groups excluding carboxylic acids is 1. The van der Waals surface area contributed by atoms with Crippen LogP contribution in [0.15, 0.2) is 35.4 Å². The van der Waals surface area contributed by atoms with Gasteiger partial charge in [-0.25, -0.2) is 4.98 Å². The normalized spacial score (nSPS) is 10.1. The number of nitrogens with zero attached hydrogens (tertiary/aromatic N) is 1. The number of H-pyrrole nitrogens is 1. The van der Waals surface area contributed by atoms with Gasteiger partial charge in [-0.2, -0.15) is 0 Å². The van der Waals surface area contributed by atoms with Crippen LogP contribution in [0.2, 0.25) is 5.15 Å². The molecular formula is C13H12ClN3O3. The Morgan fingerprint density at radius 1 is 1.50 bits per heavy atom. The predicted molar refractivity (Wildman–Crippen MR) is 75.2 cm³/mol. The van der Waals surface area contributed by atoms with Gasteiger partial charge < -0.3 is 15.0 Å². The van der Waals surface area contributed by atoms with E-state index in [-0.39, 0.29) is 17.8 Å². The lowest BCUT2D eigenvalue weighted by molar-refractivity contribution is -0.118. The Balaban J connectivity index is 1.92. The van der Waals surface area contributed by atoms with Crippen LogP contribution in [0, 0.1) is 6.92 Å². The van der Waals surface area contributed by atoms with Gasteiger partial charge >= 0.3 is 0 Å². The van der Waals surface area contributed by atoms with Crippen molar-refractivity contribution in [3.63, 3.8) is 0 Å². The number of pyridine rings is 2. The molecule has 7 heteroatoms. The second kappa shape index (κ2) is 6.21. The molecule has 104 valence electrons. The molecule has 2 N–H and O–H groups in total. The molecule has 0 aliphatic rings. The van der Waals surface area contributed by atoms with Gasteiger partial charge in [0.1, 0.15) is 5.15 Å². The molecule has 0 unspecified atom stereocenters. The number of hydrogen-bond acceptors (Lipinski definition) is 4. The molecule has 0 saturated heterocycles. The summed E-state index contributed by atoms with van der Waals surface area (Å²) in [5.41, 5.74) is 0.946. The lowest BCUT2D eigenvalue weighted by atomic mass is 10.3. The number of rotatable bonds is 4. The molecule has 0 bridgehead atoms. The van der Waals surface area contributed by atoms with E-state index in [1.165, 1.54) is 18.5 Å². The highest BCUT2D eigenvalue weighted by Gasteiger charge is 2.06. The molecule has 0 aromatic carbocycles. The van der Waals surface area contributed by atoms with Crippen LogP contribution in [0.3, 0.4) is 0 Å². The van der Waals surface area contributed by atoms with E-state index >= 15 is 0 Å². The SMILES string of the molecule is Cc1cc(=O)c(OCC(=O)Nc2ccc(Cl)nc2)c[nH]1. The van der Waals surface area contributed by atoms with Gasteiger partial charge in [0, 0.05) is 18.0 Å². The van der Waals surface area contributed by atoms with E-state index in [1.807, 2.05) is 0 Å². The van der Waals surface area contributed by atoms with Crippen molar-refractivity contribution >= 4 is 23.2 Å². The van der Waals surface area contributed by atoms with E-state index in [1.54, 1.807) is 19.1 Å². The number of anilines is 1. The first-order valence-corrected chi connectivity index (χ1v) is 6.16. The van der Waals surface area contributed by atoms with Crippen molar-refractivity contribution in [2.45, 2.75) is 6.92 Å². The highest BCUT2D eigenvalue weighted by Crippen LogP contribution is 2.09. The summed E-state index contributed by atoms with van der Waals surface area (Å²) >= 11 is 5.63. The number of amides is 1. The van der Waals surface area contributed by atoms with Gasteiger partial charge in [-0.3, -0.25) is 9.59 Å². The molecule has 2 rings (SSSR count). The first kappa shape index (κ1) is 14.1. The number of aromatic amines is 1. The maximum atomic E-state index is 11.6. The minimum atomic E-state index is -0.394. The molecule has 0 atom stereocenters. The zero-order valence-electron chi connectivity index (χ0n) is 10.6. The third-order valence-corrected chi connectivity index (χ3v) is 2.61. The maximum absolute atomic E-state index is 11.6. The van der Waals surface area contributed by atoms with Gasteiger partial charge in [0.25, 0.3) is 5.91 Å². The van der Waals surface area contributed by atoms with Crippen molar-refractivity contribution in [2.24, 2.45) is 0 Å². The van der Waals surface area contributed by atoms with Crippen LogP contribution in [0.5, 0.6) is 5.75 Å². The van der Waals surface area contributed by atoms with Crippen molar-refractivity contribution in [3.8, 4) is 5.75 Å². The van der Waals surface area contributed by atoms with Crippen LogP contribution in [0.1, 0.15) is 5.69 Å². The van der Waals surface area contributed by atoms with E-state index in [2.05, 4.69) is 15.3 Å². The Morgan fingerprint density at radius 3 is 2.95 bits per heavy atom. The summed E-state index contributed by atoms with van der Waals surface area (Å²) in [5.74, 6) is -0.297. The molecule has 1 amide bonds. The van der Waals surface area contributed by atoms with E-state index in [0.29, 0.717) is 10.8 Å². The van der Waals surface area contributed by atoms with E-state index in [9.17, 15) is 9.59 Å². The topological polar surface area (TPSA) is 84.1 Å². The number of nitrogens with one attached hydrogen (secondary N) is 2. The second-order valence-electron chi connectivity index (χ2n) is 4.05. The fraction of sp³-hybridized carbons (Fsp3) is 0.154. The molecule has 0 radical (unpaired) electrons. The Bertz CT molecular complexity index is 667. The molecule has 2 heterocycles. The standard InChI is InChI=1S/C13H12ClN3O3/c1-8-4-10(18)11(6-15-8)20-7-13(19)17-9-2-3-12(14)16-5-9/h2-6H,7H2,1H3,(H,15,18)(H,17,19). The third-order valence-electron chi connectivity index (χ3n) is 2.39. The summed E-state index contributed by atoms with van der Waals surface area (Å²) in [6, 6.07) is 4.57. The van der Waals surface area contributed by atoms with E-state index in [4.69, 9.17) is 16.3 Å². The van der Waals surface area contributed by atoms with Crippen molar-refractivity contribution in [1.82, 2.24) is 9.97 Å². The molecule has 6 nitrogen and oxygen atoms in total. The largest absolute Gasteiger partial charge is 0.478 e. The molecule has 2 aromatic heterocycles. The summed E-state index contributed by atoms with van der Waals surface area (Å²) in [5, 5.41) is 2.91.